The van der Waals surface area contributed by atoms with Gasteiger partial charge in [0.1, 0.15) is 6.61 Å². The van der Waals surface area contributed by atoms with E-state index in [1.807, 2.05) is 0 Å². The number of ether oxygens (including phenoxy) is 1. The van der Waals surface area contributed by atoms with Crippen molar-refractivity contribution >= 4 is 12.1 Å². The van der Waals surface area contributed by atoms with Gasteiger partial charge in [0.2, 0.25) is 0 Å². The standard InChI is InChI=1S/C8H13NO5/c1-3-4-14-7(12)9-5-8(2,13)6(10)11/h3,13H,1,4-5H2,2H3,(H,9,12)(H,10,11). The minimum atomic E-state index is -1.99. The number of carboxylic acids is 1. The second kappa shape index (κ2) is 5.23. The average Bonchev–Trinajstić information content (AvgIpc) is 2.11. The highest BCUT2D eigenvalue weighted by atomic mass is 16.5. The highest BCUT2D eigenvalue weighted by Crippen LogP contribution is 2.00. The van der Waals surface area contributed by atoms with Crippen molar-refractivity contribution < 1.29 is 24.5 Å². The maximum absolute atomic E-state index is 10.8. The smallest absolute Gasteiger partial charge is 0.407 e. The summed E-state index contributed by atoms with van der Waals surface area (Å²) in [5.74, 6) is -1.42. The fourth-order valence-electron chi connectivity index (χ4n) is 0.506. The Morgan fingerprint density at radius 3 is 2.64 bits per heavy atom. The molecule has 80 valence electrons. The van der Waals surface area contributed by atoms with E-state index in [9.17, 15) is 14.7 Å². The molecular weight excluding hydrogens is 190 g/mol. The van der Waals surface area contributed by atoms with Crippen molar-refractivity contribution in [1.29, 1.82) is 0 Å². The first-order valence-corrected chi connectivity index (χ1v) is 3.87. The van der Waals surface area contributed by atoms with Gasteiger partial charge in [-0.25, -0.2) is 9.59 Å². The molecule has 0 saturated heterocycles. The average molecular weight is 203 g/mol. The molecule has 0 aliphatic carbocycles. The van der Waals surface area contributed by atoms with E-state index in [0.29, 0.717) is 0 Å². The minimum Gasteiger partial charge on any atom is -0.479 e. The van der Waals surface area contributed by atoms with Crippen molar-refractivity contribution in [2.24, 2.45) is 0 Å². The Hall–Kier alpha value is -1.56. The Morgan fingerprint density at radius 1 is 1.64 bits per heavy atom. The van der Waals surface area contributed by atoms with Gasteiger partial charge in [-0.1, -0.05) is 12.7 Å². The molecule has 0 rings (SSSR count). The van der Waals surface area contributed by atoms with Crippen LogP contribution in [-0.4, -0.2) is 41.0 Å². The molecule has 1 unspecified atom stereocenters. The third kappa shape index (κ3) is 4.46. The van der Waals surface area contributed by atoms with E-state index < -0.39 is 24.2 Å². The first-order valence-electron chi connectivity index (χ1n) is 3.87. The van der Waals surface area contributed by atoms with Crippen LogP contribution in [0.25, 0.3) is 0 Å². The van der Waals surface area contributed by atoms with Gasteiger partial charge in [-0.3, -0.25) is 0 Å². The van der Waals surface area contributed by atoms with Crippen LogP contribution in [0.5, 0.6) is 0 Å². The molecule has 0 heterocycles. The van der Waals surface area contributed by atoms with E-state index in [-0.39, 0.29) is 6.61 Å². The number of rotatable bonds is 5. The van der Waals surface area contributed by atoms with E-state index in [2.05, 4.69) is 16.6 Å². The number of amides is 1. The van der Waals surface area contributed by atoms with Crippen molar-refractivity contribution in [2.45, 2.75) is 12.5 Å². The Balaban J connectivity index is 3.87. The van der Waals surface area contributed by atoms with E-state index in [1.165, 1.54) is 6.08 Å². The largest absolute Gasteiger partial charge is 0.479 e. The molecule has 0 aromatic heterocycles. The number of aliphatic hydroxyl groups is 1. The van der Waals surface area contributed by atoms with Crippen molar-refractivity contribution in [2.75, 3.05) is 13.2 Å². The van der Waals surface area contributed by atoms with Crippen LogP contribution in [-0.2, 0) is 9.53 Å². The zero-order valence-corrected chi connectivity index (χ0v) is 7.82. The number of nitrogens with one attached hydrogen (secondary N) is 1. The van der Waals surface area contributed by atoms with Crippen LogP contribution in [0.2, 0.25) is 0 Å². The summed E-state index contributed by atoms with van der Waals surface area (Å²) in [6, 6.07) is 0. The Kier molecular flexibility index (Phi) is 4.65. The van der Waals surface area contributed by atoms with Gasteiger partial charge in [-0.2, -0.15) is 0 Å². The number of carboxylic acid groups (broad SMARTS) is 1. The molecule has 0 saturated carbocycles. The fraction of sp³-hybridized carbons (Fsp3) is 0.500. The molecule has 0 bridgehead atoms. The summed E-state index contributed by atoms with van der Waals surface area (Å²) in [7, 11) is 0. The Morgan fingerprint density at radius 2 is 2.21 bits per heavy atom. The SMILES string of the molecule is C=CCOC(=O)NCC(C)(O)C(=O)O. The van der Waals surface area contributed by atoms with Gasteiger partial charge in [0.25, 0.3) is 0 Å². The third-order valence-electron chi connectivity index (χ3n) is 1.37. The molecule has 0 aliphatic rings. The maximum Gasteiger partial charge on any atom is 0.407 e. The predicted octanol–water partition coefficient (Wildman–Crippen LogP) is -0.266. The summed E-state index contributed by atoms with van der Waals surface area (Å²) in [6.07, 6.45) is 0.570. The van der Waals surface area contributed by atoms with E-state index in [0.717, 1.165) is 6.92 Å². The van der Waals surface area contributed by atoms with Crippen molar-refractivity contribution in [3.05, 3.63) is 12.7 Å². The van der Waals surface area contributed by atoms with Gasteiger partial charge >= 0.3 is 12.1 Å². The Bertz CT molecular complexity index is 236. The monoisotopic (exact) mass is 203 g/mol. The molecule has 0 spiro atoms. The van der Waals surface area contributed by atoms with Crippen LogP contribution in [0.15, 0.2) is 12.7 Å². The summed E-state index contributed by atoms with van der Waals surface area (Å²) < 4.78 is 4.49. The van der Waals surface area contributed by atoms with E-state index in [4.69, 9.17) is 5.11 Å². The topological polar surface area (TPSA) is 95.9 Å². The molecule has 3 N–H and O–H groups in total. The van der Waals surface area contributed by atoms with Gasteiger partial charge in [0, 0.05) is 0 Å². The molecule has 0 fully saturated rings. The number of hydrogen-bond donors (Lipinski definition) is 3. The van der Waals surface area contributed by atoms with Crippen LogP contribution >= 0.6 is 0 Å². The maximum atomic E-state index is 10.8. The molecule has 0 aromatic carbocycles. The van der Waals surface area contributed by atoms with Crippen molar-refractivity contribution in [3.8, 4) is 0 Å². The van der Waals surface area contributed by atoms with Crippen LogP contribution in [0, 0.1) is 0 Å². The first kappa shape index (κ1) is 12.4. The van der Waals surface area contributed by atoms with Crippen LogP contribution in [0.3, 0.4) is 0 Å². The lowest BCUT2D eigenvalue weighted by Gasteiger charge is -2.17. The van der Waals surface area contributed by atoms with Gasteiger partial charge in [-0.15, -0.1) is 0 Å². The van der Waals surface area contributed by atoms with Gasteiger partial charge in [0.15, 0.2) is 5.60 Å². The second-order valence-corrected chi connectivity index (χ2v) is 2.82. The molecule has 6 heteroatoms. The van der Waals surface area contributed by atoms with Crippen molar-refractivity contribution in [1.82, 2.24) is 5.32 Å². The molecule has 1 amide bonds. The Labute approximate surface area is 81.2 Å². The first-order chi connectivity index (χ1) is 6.40. The van der Waals surface area contributed by atoms with Crippen LogP contribution < -0.4 is 5.32 Å². The van der Waals surface area contributed by atoms with Crippen LogP contribution in [0.1, 0.15) is 6.92 Å². The summed E-state index contributed by atoms with van der Waals surface area (Å²) in [4.78, 5) is 21.2. The second-order valence-electron chi connectivity index (χ2n) is 2.82. The number of hydrogen-bond acceptors (Lipinski definition) is 4. The summed E-state index contributed by atoms with van der Waals surface area (Å²) in [6.45, 7) is 4.00. The lowest BCUT2D eigenvalue weighted by atomic mass is 10.1. The van der Waals surface area contributed by atoms with Crippen molar-refractivity contribution in [3.63, 3.8) is 0 Å². The quantitative estimate of drug-likeness (QED) is 0.535. The predicted molar refractivity (Wildman–Crippen MR) is 47.8 cm³/mol. The lowest BCUT2D eigenvalue weighted by molar-refractivity contribution is -0.155. The zero-order chi connectivity index (χ0) is 11.2. The highest BCUT2D eigenvalue weighted by Gasteiger charge is 2.30. The highest BCUT2D eigenvalue weighted by molar-refractivity contribution is 5.78. The van der Waals surface area contributed by atoms with E-state index >= 15 is 0 Å². The van der Waals surface area contributed by atoms with Gasteiger partial charge < -0.3 is 20.3 Å². The zero-order valence-electron chi connectivity index (χ0n) is 7.82. The molecule has 0 aliphatic heterocycles. The number of alkyl carbamates (subject to hydrolysis) is 1. The molecule has 0 radical (unpaired) electrons. The molecular formula is C8H13NO5. The lowest BCUT2D eigenvalue weighted by Crippen LogP contribution is -2.46. The number of carbonyl (C=O) groups is 2. The third-order valence-corrected chi connectivity index (χ3v) is 1.37. The number of carbonyl (C=O) groups excluding carboxylic acids is 1. The molecule has 14 heavy (non-hydrogen) atoms. The van der Waals surface area contributed by atoms with Crippen LogP contribution in [0.4, 0.5) is 4.79 Å². The molecule has 6 nitrogen and oxygen atoms in total. The summed E-state index contributed by atoms with van der Waals surface area (Å²) in [5.41, 5.74) is -1.99. The summed E-state index contributed by atoms with van der Waals surface area (Å²) >= 11 is 0. The fourth-order valence-corrected chi connectivity index (χ4v) is 0.506. The number of aliphatic carboxylic acids is 1. The molecule has 0 aromatic rings. The summed E-state index contributed by atoms with van der Waals surface area (Å²) in [5, 5.41) is 19.7. The van der Waals surface area contributed by atoms with E-state index in [1.54, 1.807) is 0 Å². The van der Waals surface area contributed by atoms with Gasteiger partial charge in [-0.05, 0) is 6.92 Å². The minimum absolute atomic E-state index is 0.0288. The van der Waals surface area contributed by atoms with Gasteiger partial charge in [0.05, 0.1) is 6.54 Å². The normalized spacial score (nSPS) is 13.9. The molecule has 1 atom stereocenters.